The number of amides is 1. The maximum atomic E-state index is 13.2. The van der Waals surface area contributed by atoms with Crippen LogP contribution >= 0.6 is 0 Å². The fraction of sp³-hybridized carbons (Fsp3) is 0.866. The Kier molecular flexibility index (Phi) is 48.5. The molecule has 2 heterocycles. The van der Waals surface area contributed by atoms with Crippen LogP contribution in [-0.2, 0) is 23.7 Å². The van der Waals surface area contributed by atoms with Gasteiger partial charge in [0.15, 0.2) is 12.6 Å². The molecule has 0 radical (unpaired) electrons. The molecule has 0 spiro atoms. The Morgan fingerprint density at radius 3 is 1.21 bits per heavy atom. The molecule has 9 N–H and O–H groups in total. The standard InChI is InChI=1S/C67H123NO13/c1-3-5-7-9-11-13-15-17-19-20-21-22-23-24-25-26-27-28-29-30-31-32-33-34-35-36-37-38-40-42-44-46-48-50-56(71)55(68-59(72)51-49-47-45-43-41-39-18-16-14-12-10-8-6-4-2)54-78-66-64(77)62(75)65(58(53-70)80-66)81-67-63(76)61(74)60(73)57(52-69)79-67/h16,18,35-36,40,42,48,50,55-58,60-67,69-71,73-77H,3-15,17,19-34,37-39,41,43-47,49,51-54H2,1-2H3,(H,68,72)/b18-16-,36-35+,42-40+,50-48+. The van der Waals surface area contributed by atoms with Crippen LogP contribution < -0.4 is 5.32 Å². The van der Waals surface area contributed by atoms with Gasteiger partial charge in [-0.25, -0.2) is 0 Å². The second-order valence-corrected chi connectivity index (χ2v) is 23.6. The minimum absolute atomic E-state index is 0.259. The minimum Gasteiger partial charge on any atom is -0.394 e. The first-order valence-corrected chi connectivity index (χ1v) is 33.4. The zero-order valence-corrected chi connectivity index (χ0v) is 51.3. The number of rotatable bonds is 54. The Morgan fingerprint density at radius 2 is 0.790 bits per heavy atom. The first-order chi connectivity index (χ1) is 39.6. The van der Waals surface area contributed by atoms with Gasteiger partial charge in [0.05, 0.1) is 32.0 Å². The van der Waals surface area contributed by atoms with Crippen LogP contribution in [0.4, 0.5) is 0 Å². The third-order valence-electron chi connectivity index (χ3n) is 16.2. The summed E-state index contributed by atoms with van der Waals surface area (Å²) in [5, 5.41) is 87.1. The molecule has 0 saturated carbocycles. The highest BCUT2D eigenvalue weighted by atomic mass is 16.7. The lowest BCUT2D eigenvalue weighted by Crippen LogP contribution is -2.65. The fourth-order valence-electron chi connectivity index (χ4n) is 10.8. The van der Waals surface area contributed by atoms with Gasteiger partial charge in [-0.15, -0.1) is 0 Å². The zero-order valence-electron chi connectivity index (χ0n) is 51.3. The van der Waals surface area contributed by atoms with Gasteiger partial charge in [0.25, 0.3) is 0 Å². The molecule has 0 aromatic carbocycles. The van der Waals surface area contributed by atoms with Crippen molar-refractivity contribution in [3.63, 3.8) is 0 Å². The van der Waals surface area contributed by atoms with Crippen molar-refractivity contribution in [2.75, 3.05) is 19.8 Å². The van der Waals surface area contributed by atoms with Gasteiger partial charge in [0, 0.05) is 6.42 Å². The monoisotopic (exact) mass is 1150 g/mol. The molecule has 0 bridgehead atoms. The summed E-state index contributed by atoms with van der Waals surface area (Å²) in [5.74, 6) is -0.262. The summed E-state index contributed by atoms with van der Waals surface area (Å²) >= 11 is 0. The van der Waals surface area contributed by atoms with E-state index < -0.39 is 86.8 Å². The topological polar surface area (TPSA) is 228 Å². The molecule has 0 aromatic heterocycles. The van der Waals surface area contributed by atoms with Crippen molar-refractivity contribution in [2.45, 2.75) is 351 Å². The van der Waals surface area contributed by atoms with Gasteiger partial charge in [0.1, 0.15) is 48.8 Å². The average Bonchev–Trinajstić information content (AvgIpc) is 3.65. The number of carbonyl (C=O) groups excluding carboxylic acids is 1. The van der Waals surface area contributed by atoms with Crippen LogP contribution in [0.2, 0.25) is 0 Å². The summed E-state index contributed by atoms with van der Waals surface area (Å²) in [6.07, 6.45) is 50.5. The normalized spacial score (nSPS) is 24.4. The van der Waals surface area contributed by atoms with E-state index in [1.165, 1.54) is 180 Å². The van der Waals surface area contributed by atoms with E-state index >= 15 is 0 Å². The smallest absolute Gasteiger partial charge is 0.220 e. The van der Waals surface area contributed by atoms with Crippen molar-refractivity contribution in [3.05, 3.63) is 48.6 Å². The number of aliphatic hydroxyl groups excluding tert-OH is 8. The van der Waals surface area contributed by atoms with Crippen molar-refractivity contribution in [2.24, 2.45) is 0 Å². The fourth-order valence-corrected chi connectivity index (χ4v) is 10.8. The lowest BCUT2D eigenvalue weighted by Gasteiger charge is -2.46. The molecule has 14 nitrogen and oxygen atoms in total. The van der Waals surface area contributed by atoms with Crippen LogP contribution in [0.3, 0.4) is 0 Å². The largest absolute Gasteiger partial charge is 0.394 e. The van der Waals surface area contributed by atoms with E-state index in [1.54, 1.807) is 6.08 Å². The average molecular weight is 1150 g/mol. The molecule has 12 unspecified atom stereocenters. The third kappa shape index (κ3) is 37.2. The number of hydrogen-bond acceptors (Lipinski definition) is 13. The number of aliphatic hydroxyl groups is 8. The van der Waals surface area contributed by atoms with Crippen molar-refractivity contribution >= 4 is 5.91 Å². The highest BCUT2D eigenvalue weighted by Crippen LogP contribution is 2.30. The SMILES string of the molecule is CCCCCCC/C=C\CCCCCCCC(=O)NC(COC1OC(CO)C(OC2OC(CO)C(O)C(O)C2O)C(O)C1O)C(O)/C=C/CC/C=C/CC/C=C/CCCCCCCCCCCCCCCCCCCCCCCCC. The molecule has 1 amide bonds. The van der Waals surface area contributed by atoms with Crippen LogP contribution in [-0.4, -0.2) is 140 Å². The van der Waals surface area contributed by atoms with E-state index in [0.29, 0.717) is 12.8 Å². The van der Waals surface area contributed by atoms with Gasteiger partial charge >= 0.3 is 0 Å². The lowest BCUT2D eigenvalue weighted by atomic mass is 9.97. The molecule has 0 aromatic rings. The molecule has 474 valence electrons. The summed E-state index contributed by atoms with van der Waals surface area (Å²) < 4.78 is 22.8. The van der Waals surface area contributed by atoms with Crippen LogP contribution in [0.5, 0.6) is 0 Å². The van der Waals surface area contributed by atoms with E-state index in [9.17, 15) is 45.6 Å². The number of allylic oxidation sites excluding steroid dienone is 7. The Morgan fingerprint density at radius 1 is 0.432 bits per heavy atom. The predicted octanol–water partition coefficient (Wildman–Crippen LogP) is 12.7. The van der Waals surface area contributed by atoms with E-state index in [2.05, 4.69) is 55.6 Å². The predicted molar refractivity (Wildman–Crippen MR) is 327 cm³/mol. The van der Waals surface area contributed by atoms with E-state index in [4.69, 9.17) is 18.9 Å². The second-order valence-electron chi connectivity index (χ2n) is 23.6. The molecule has 2 rings (SSSR count). The van der Waals surface area contributed by atoms with Gasteiger partial charge in [0.2, 0.25) is 5.91 Å². The van der Waals surface area contributed by atoms with Gasteiger partial charge in [-0.2, -0.15) is 0 Å². The first-order valence-electron chi connectivity index (χ1n) is 33.4. The zero-order chi connectivity index (χ0) is 58.8. The summed E-state index contributed by atoms with van der Waals surface area (Å²) in [7, 11) is 0. The number of carbonyl (C=O) groups is 1. The van der Waals surface area contributed by atoms with Gasteiger partial charge in [-0.05, 0) is 70.6 Å². The summed E-state index contributed by atoms with van der Waals surface area (Å²) in [5.41, 5.74) is 0. The lowest BCUT2D eigenvalue weighted by molar-refractivity contribution is -0.359. The number of nitrogens with one attached hydrogen (secondary N) is 1. The van der Waals surface area contributed by atoms with Crippen LogP contribution in [0.25, 0.3) is 0 Å². The van der Waals surface area contributed by atoms with Crippen LogP contribution in [0.15, 0.2) is 48.6 Å². The van der Waals surface area contributed by atoms with Crippen molar-refractivity contribution < 1.29 is 64.6 Å². The maximum Gasteiger partial charge on any atom is 0.220 e. The summed E-state index contributed by atoms with van der Waals surface area (Å²) in [4.78, 5) is 13.2. The van der Waals surface area contributed by atoms with Gasteiger partial charge < -0.3 is 65.1 Å². The van der Waals surface area contributed by atoms with Crippen molar-refractivity contribution in [1.82, 2.24) is 5.32 Å². The molecule has 2 aliphatic rings. The number of hydrogen-bond donors (Lipinski definition) is 9. The summed E-state index contributed by atoms with van der Waals surface area (Å²) in [6, 6.07) is -0.943. The van der Waals surface area contributed by atoms with Crippen LogP contribution in [0, 0.1) is 0 Å². The molecular formula is C67H123NO13. The first kappa shape index (κ1) is 75.0. The maximum absolute atomic E-state index is 13.2. The molecular weight excluding hydrogens is 1030 g/mol. The molecule has 2 saturated heterocycles. The van der Waals surface area contributed by atoms with E-state index in [0.717, 1.165) is 64.2 Å². The van der Waals surface area contributed by atoms with Gasteiger partial charge in [-0.3, -0.25) is 4.79 Å². The molecule has 2 aliphatic heterocycles. The molecule has 12 atom stereocenters. The quantitative estimate of drug-likeness (QED) is 0.0204. The minimum atomic E-state index is -1.79. The number of ether oxygens (including phenoxy) is 4. The Bertz CT molecular complexity index is 1540. The Balaban J connectivity index is 1.68. The highest BCUT2D eigenvalue weighted by molar-refractivity contribution is 5.76. The van der Waals surface area contributed by atoms with E-state index in [-0.39, 0.29) is 18.9 Å². The van der Waals surface area contributed by atoms with Crippen LogP contribution in [0.1, 0.15) is 277 Å². The van der Waals surface area contributed by atoms with Crippen molar-refractivity contribution in [3.8, 4) is 0 Å². The molecule has 14 heteroatoms. The summed E-state index contributed by atoms with van der Waals surface area (Å²) in [6.45, 7) is 2.77. The Hall–Kier alpha value is -2.05. The third-order valence-corrected chi connectivity index (χ3v) is 16.2. The highest BCUT2D eigenvalue weighted by Gasteiger charge is 2.51. The molecule has 81 heavy (non-hydrogen) atoms. The van der Waals surface area contributed by atoms with E-state index in [1.807, 2.05) is 6.08 Å². The molecule has 2 fully saturated rings. The second kappa shape index (κ2) is 52.3. The van der Waals surface area contributed by atoms with Gasteiger partial charge in [-0.1, -0.05) is 249 Å². The van der Waals surface area contributed by atoms with Crippen molar-refractivity contribution in [1.29, 1.82) is 0 Å². The number of unbranched alkanes of at least 4 members (excludes halogenated alkanes) is 35. The molecule has 0 aliphatic carbocycles. The Labute approximate surface area is 493 Å².